The van der Waals surface area contributed by atoms with Gasteiger partial charge in [0.05, 0.1) is 5.54 Å². The Kier molecular flexibility index (Phi) is 2.05. The number of carbonyl (C=O) groups excluding carboxylic acids is 1. The highest BCUT2D eigenvalue weighted by atomic mass is 19.4. The first-order valence-corrected chi connectivity index (χ1v) is 4.95. The fraction of sp³-hybridized carbons (Fsp3) is 0.889. The standard InChI is InChI=1S/C9H13F3N2O/c1-2-6(15)14-8-3-7(8,4-13-5-8)9(10,11)12/h13H,2-5H2,1H3,(H,14,15)/t7-,8+/m1/s1. The van der Waals surface area contributed by atoms with Crippen LogP contribution in [0.5, 0.6) is 0 Å². The van der Waals surface area contributed by atoms with Crippen molar-refractivity contribution < 1.29 is 18.0 Å². The molecule has 6 heteroatoms. The van der Waals surface area contributed by atoms with Crippen LogP contribution in [0.15, 0.2) is 0 Å². The van der Waals surface area contributed by atoms with E-state index in [1.54, 1.807) is 6.92 Å². The largest absolute Gasteiger partial charge is 0.398 e. The van der Waals surface area contributed by atoms with E-state index in [4.69, 9.17) is 0 Å². The summed E-state index contributed by atoms with van der Waals surface area (Å²) in [7, 11) is 0. The first-order chi connectivity index (χ1) is 6.87. The highest BCUT2D eigenvalue weighted by molar-refractivity contribution is 5.77. The first kappa shape index (κ1) is 10.7. The van der Waals surface area contributed by atoms with Gasteiger partial charge in [-0.25, -0.2) is 0 Å². The van der Waals surface area contributed by atoms with Gasteiger partial charge in [0.1, 0.15) is 5.41 Å². The average Bonchev–Trinajstić information content (AvgIpc) is 2.63. The number of carbonyl (C=O) groups is 1. The highest BCUT2D eigenvalue weighted by Gasteiger charge is 2.82. The molecule has 86 valence electrons. The summed E-state index contributed by atoms with van der Waals surface area (Å²) in [4.78, 5) is 11.2. The smallest absolute Gasteiger partial charge is 0.348 e. The minimum Gasteiger partial charge on any atom is -0.348 e. The summed E-state index contributed by atoms with van der Waals surface area (Å²) >= 11 is 0. The van der Waals surface area contributed by atoms with Gasteiger partial charge in [-0.2, -0.15) is 13.2 Å². The maximum absolute atomic E-state index is 12.8. The van der Waals surface area contributed by atoms with E-state index in [9.17, 15) is 18.0 Å². The average molecular weight is 222 g/mol. The van der Waals surface area contributed by atoms with Crippen LogP contribution in [0.25, 0.3) is 0 Å². The molecule has 1 aliphatic carbocycles. The van der Waals surface area contributed by atoms with E-state index in [0.717, 1.165) is 0 Å². The molecule has 0 radical (unpaired) electrons. The molecule has 0 spiro atoms. The molecule has 1 heterocycles. The van der Waals surface area contributed by atoms with Gasteiger partial charge in [-0.05, 0) is 6.42 Å². The molecule has 0 aromatic heterocycles. The molecule has 1 saturated carbocycles. The van der Waals surface area contributed by atoms with Crippen molar-refractivity contribution in [2.75, 3.05) is 13.1 Å². The Labute approximate surface area is 85.4 Å². The zero-order valence-electron chi connectivity index (χ0n) is 8.37. The second-order valence-corrected chi connectivity index (χ2v) is 4.34. The molecule has 15 heavy (non-hydrogen) atoms. The summed E-state index contributed by atoms with van der Waals surface area (Å²) in [5.74, 6) is -0.315. The molecule has 1 amide bonds. The van der Waals surface area contributed by atoms with Crippen molar-refractivity contribution in [1.29, 1.82) is 0 Å². The van der Waals surface area contributed by atoms with Gasteiger partial charge in [-0.15, -0.1) is 0 Å². The molecule has 1 aliphatic heterocycles. The van der Waals surface area contributed by atoms with Gasteiger partial charge in [-0.1, -0.05) is 6.92 Å². The van der Waals surface area contributed by atoms with Gasteiger partial charge < -0.3 is 10.6 Å². The third-order valence-electron chi connectivity index (χ3n) is 3.49. The Hall–Kier alpha value is -0.780. The molecule has 0 bridgehead atoms. The number of piperidine rings is 1. The lowest BCUT2D eigenvalue weighted by molar-refractivity contribution is -0.187. The zero-order valence-corrected chi connectivity index (χ0v) is 8.37. The fourth-order valence-electron chi connectivity index (χ4n) is 2.46. The van der Waals surface area contributed by atoms with Crippen LogP contribution in [0.1, 0.15) is 19.8 Å². The maximum Gasteiger partial charge on any atom is 0.398 e. The Balaban J connectivity index is 2.16. The van der Waals surface area contributed by atoms with E-state index >= 15 is 0 Å². The second-order valence-electron chi connectivity index (χ2n) is 4.34. The van der Waals surface area contributed by atoms with E-state index in [2.05, 4.69) is 10.6 Å². The highest BCUT2D eigenvalue weighted by Crippen LogP contribution is 2.66. The van der Waals surface area contributed by atoms with Crippen LogP contribution in [0, 0.1) is 5.41 Å². The molecule has 2 aliphatic rings. The van der Waals surface area contributed by atoms with Gasteiger partial charge in [0, 0.05) is 19.5 Å². The molecule has 0 unspecified atom stereocenters. The van der Waals surface area contributed by atoms with Crippen molar-refractivity contribution >= 4 is 5.91 Å². The number of amides is 1. The molecule has 1 saturated heterocycles. The predicted molar refractivity (Wildman–Crippen MR) is 47.1 cm³/mol. The summed E-state index contributed by atoms with van der Waals surface area (Å²) in [5, 5.41) is 5.21. The van der Waals surface area contributed by atoms with Crippen molar-refractivity contribution in [3.8, 4) is 0 Å². The zero-order chi connectivity index (χ0) is 11.3. The Morgan fingerprint density at radius 2 is 2.13 bits per heavy atom. The third-order valence-corrected chi connectivity index (χ3v) is 3.49. The number of nitrogens with one attached hydrogen (secondary N) is 2. The Morgan fingerprint density at radius 3 is 2.60 bits per heavy atom. The van der Waals surface area contributed by atoms with Gasteiger partial charge in [0.15, 0.2) is 0 Å². The number of alkyl halides is 3. The van der Waals surface area contributed by atoms with E-state index in [0.29, 0.717) is 0 Å². The van der Waals surface area contributed by atoms with Crippen molar-refractivity contribution in [1.82, 2.24) is 10.6 Å². The quantitative estimate of drug-likeness (QED) is 0.725. The van der Waals surface area contributed by atoms with Crippen LogP contribution < -0.4 is 10.6 Å². The van der Waals surface area contributed by atoms with Crippen LogP contribution >= 0.6 is 0 Å². The molecule has 2 fully saturated rings. The van der Waals surface area contributed by atoms with Crippen molar-refractivity contribution in [3.63, 3.8) is 0 Å². The summed E-state index contributed by atoms with van der Waals surface area (Å²) in [5.41, 5.74) is -2.79. The van der Waals surface area contributed by atoms with Crippen LogP contribution in [0.2, 0.25) is 0 Å². The molecular formula is C9H13F3N2O. The summed E-state index contributed by atoms with van der Waals surface area (Å²) < 4.78 is 38.4. The topological polar surface area (TPSA) is 41.1 Å². The summed E-state index contributed by atoms with van der Waals surface area (Å²) in [6, 6.07) is 0. The normalized spacial score (nSPS) is 38.7. The van der Waals surface area contributed by atoms with Gasteiger partial charge >= 0.3 is 6.18 Å². The molecule has 3 nitrogen and oxygen atoms in total. The summed E-state index contributed by atoms with van der Waals surface area (Å²) in [6.07, 6.45) is -4.00. The minimum atomic E-state index is -4.24. The van der Waals surface area contributed by atoms with Gasteiger partial charge in [0.2, 0.25) is 5.91 Å². The lowest BCUT2D eigenvalue weighted by atomic mass is 10.0. The number of halogens is 3. The summed E-state index contributed by atoms with van der Waals surface area (Å²) in [6.45, 7) is 1.77. The number of hydrogen-bond donors (Lipinski definition) is 2. The van der Waals surface area contributed by atoms with Crippen LogP contribution in [0.4, 0.5) is 13.2 Å². The molecular weight excluding hydrogens is 209 g/mol. The molecule has 2 N–H and O–H groups in total. The molecule has 0 aromatic rings. The van der Waals surface area contributed by atoms with Crippen LogP contribution in [0.3, 0.4) is 0 Å². The second kappa shape index (κ2) is 2.87. The van der Waals surface area contributed by atoms with E-state index < -0.39 is 17.1 Å². The SMILES string of the molecule is CCC(=O)N[C@@]12CNC[C@]1(C(F)(F)F)C2. The number of rotatable bonds is 2. The Morgan fingerprint density at radius 1 is 1.47 bits per heavy atom. The molecule has 2 rings (SSSR count). The predicted octanol–water partition coefficient (Wildman–Crippen LogP) is 0.807. The van der Waals surface area contributed by atoms with Crippen LogP contribution in [-0.2, 0) is 4.79 Å². The maximum atomic E-state index is 12.8. The van der Waals surface area contributed by atoms with Crippen LogP contribution in [-0.4, -0.2) is 30.7 Å². The van der Waals surface area contributed by atoms with Gasteiger partial charge in [0.25, 0.3) is 0 Å². The lowest BCUT2D eigenvalue weighted by Gasteiger charge is -2.21. The monoisotopic (exact) mass is 222 g/mol. The molecule has 2 atom stereocenters. The van der Waals surface area contributed by atoms with Crippen molar-refractivity contribution in [3.05, 3.63) is 0 Å². The Bertz CT molecular complexity index is 304. The fourth-order valence-corrected chi connectivity index (χ4v) is 2.46. The first-order valence-electron chi connectivity index (χ1n) is 4.95. The molecule has 0 aromatic carbocycles. The van der Waals surface area contributed by atoms with Crippen molar-refractivity contribution in [2.24, 2.45) is 5.41 Å². The van der Waals surface area contributed by atoms with E-state index in [1.165, 1.54) is 0 Å². The van der Waals surface area contributed by atoms with Gasteiger partial charge in [-0.3, -0.25) is 4.79 Å². The van der Waals surface area contributed by atoms with E-state index in [-0.39, 0.29) is 31.8 Å². The number of fused-ring (bicyclic) bond motifs is 1. The van der Waals surface area contributed by atoms with E-state index in [1.807, 2.05) is 0 Å². The minimum absolute atomic E-state index is 0.0161. The third kappa shape index (κ3) is 1.27. The lowest BCUT2D eigenvalue weighted by Crippen LogP contribution is -2.45. The number of hydrogen-bond acceptors (Lipinski definition) is 2. The van der Waals surface area contributed by atoms with Crippen molar-refractivity contribution in [2.45, 2.75) is 31.5 Å².